The lowest BCUT2D eigenvalue weighted by atomic mass is 10.3. The van der Waals surface area contributed by atoms with Crippen molar-refractivity contribution in [3.05, 3.63) is 29.0 Å². The van der Waals surface area contributed by atoms with Gasteiger partial charge in [0, 0.05) is 38.9 Å². The predicted octanol–water partition coefficient (Wildman–Crippen LogP) is 1.45. The molecule has 1 fully saturated rings. The smallest absolute Gasteiger partial charge is 0.279 e. The molecular formula is C12H17ClFN3O2S. The molecule has 1 N–H and O–H groups in total. The van der Waals surface area contributed by atoms with E-state index in [2.05, 4.69) is 4.72 Å². The minimum Gasteiger partial charge on any atom is -0.370 e. The summed E-state index contributed by atoms with van der Waals surface area (Å²) in [5.74, 6) is -0.471. The molecule has 1 atom stereocenters. The second-order valence-electron chi connectivity index (χ2n) is 4.94. The van der Waals surface area contributed by atoms with E-state index in [1.54, 1.807) is 6.07 Å². The van der Waals surface area contributed by atoms with Gasteiger partial charge in [0.15, 0.2) is 0 Å². The van der Waals surface area contributed by atoms with E-state index in [0.29, 0.717) is 25.2 Å². The Kier molecular flexibility index (Phi) is 4.53. The third-order valence-electron chi connectivity index (χ3n) is 3.25. The van der Waals surface area contributed by atoms with Gasteiger partial charge in [-0.3, -0.25) is 0 Å². The molecule has 1 aromatic rings. The van der Waals surface area contributed by atoms with E-state index in [0.717, 1.165) is 4.31 Å². The minimum absolute atomic E-state index is 0.0813. The molecule has 1 saturated heterocycles. The molecule has 20 heavy (non-hydrogen) atoms. The molecule has 112 valence electrons. The van der Waals surface area contributed by atoms with Gasteiger partial charge < -0.3 is 4.90 Å². The average Bonchev–Trinajstić information content (AvgIpc) is 2.80. The molecule has 0 aromatic heterocycles. The van der Waals surface area contributed by atoms with Gasteiger partial charge in [-0.05, 0) is 24.6 Å². The standard InChI is InChI=1S/C12H17ClFN3O2S/c1-16(2)20(18,19)15-9-5-6-17(8-9)10-3-4-11(13)12(14)7-10/h3-4,7,9,15H,5-6,8H2,1-2H3. The summed E-state index contributed by atoms with van der Waals surface area (Å²) >= 11 is 5.65. The van der Waals surface area contributed by atoms with Crippen molar-refractivity contribution in [1.82, 2.24) is 9.03 Å². The van der Waals surface area contributed by atoms with Gasteiger partial charge in [0.25, 0.3) is 10.2 Å². The van der Waals surface area contributed by atoms with Crippen molar-refractivity contribution in [1.29, 1.82) is 0 Å². The molecule has 0 aliphatic carbocycles. The average molecular weight is 322 g/mol. The Labute approximate surface area is 123 Å². The first-order valence-electron chi connectivity index (χ1n) is 6.19. The molecule has 0 saturated carbocycles. The topological polar surface area (TPSA) is 52.7 Å². The fourth-order valence-electron chi connectivity index (χ4n) is 2.09. The van der Waals surface area contributed by atoms with Crippen LogP contribution >= 0.6 is 11.6 Å². The van der Waals surface area contributed by atoms with Crippen molar-refractivity contribution in [2.75, 3.05) is 32.1 Å². The lowest BCUT2D eigenvalue weighted by Gasteiger charge is -2.20. The molecular weight excluding hydrogens is 305 g/mol. The summed E-state index contributed by atoms with van der Waals surface area (Å²) in [6.45, 7) is 1.18. The van der Waals surface area contributed by atoms with Crippen LogP contribution in [0, 0.1) is 5.82 Å². The highest BCUT2D eigenvalue weighted by Crippen LogP contribution is 2.25. The fraction of sp³-hybridized carbons (Fsp3) is 0.500. The van der Waals surface area contributed by atoms with Gasteiger partial charge in [-0.15, -0.1) is 0 Å². The largest absolute Gasteiger partial charge is 0.370 e. The van der Waals surface area contributed by atoms with E-state index in [1.807, 2.05) is 4.90 Å². The number of rotatable bonds is 4. The summed E-state index contributed by atoms with van der Waals surface area (Å²) < 4.78 is 40.7. The summed E-state index contributed by atoms with van der Waals surface area (Å²) in [5, 5.41) is 0.0813. The van der Waals surface area contributed by atoms with Crippen molar-refractivity contribution < 1.29 is 12.8 Å². The van der Waals surface area contributed by atoms with Gasteiger partial charge in [-0.1, -0.05) is 11.6 Å². The molecule has 1 aliphatic rings. The fourth-order valence-corrected chi connectivity index (χ4v) is 3.03. The lowest BCUT2D eigenvalue weighted by molar-refractivity contribution is 0.491. The van der Waals surface area contributed by atoms with Crippen LogP contribution in [0.3, 0.4) is 0 Å². The number of hydrogen-bond acceptors (Lipinski definition) is 3. The van der Waals surface area contributed by atoms with Gasteiger partial charge in [0.05, 0.1) is 5.02 Å². The molecule has 1 unspecified atom stereocenters. The Morgan fingerprint density at radius 1 is 1.45 bits per heavy atom. The van der Waals surface area contributed by atoms with Crippen molar-refractivity contribution in [2.24, 2.45) is 0 Å². The molecule has 1 aliphatic heterocycles. The SMILES string of the molecule is CN(C)S(=O)(=O)NC1CCN(c2ccc(Cl)c(F)c2)C1. The molecule has 2 rings (SSSR count). The summed E-state index contributed by atoms with van der Waals surface area (Å²) in [6.07, 6.45) is 0.678. The highest BCUT2D eigenvalue weighted by atomic mass is 35.5. The van der Waals surface area contributed by atoms with Gasteiger partial charge >= 0.3 is 0 Å². The number of nitrogens with one attached hydrogen (secondary N) is 1. The third-order valence-corrected chi connectivity index (χ3v) is 5.15. The summed E-state index contributed by atoms with van der Waals surface area (Å²) in [5.41, 5.74) is 0.707. The maximum Gasteiger partial charge on any atom is 0.279 e. The van der Waals surface area contributed by atoms with Crippen molar-refractivity contribution in [3.8, 4) is 0 Å². The van der Waals surface area contributed by atoms with Crippen LogP contribution in [0.25, 0.3) is 0 Å². The van der Waals surface area contributed by atoms with E-state index in [9.17, 15) is 12.8 Å². The second-order valence-corrected chi connectivity index (χ2v) is 7.26. The first kappa shape index (κ1) is 15.5. The third kappa shape index (κ3) is 3.41. The molecule has 0 spiro atoms. The molecule has 5 nitrogen and oxygen atoms in total. The maximum absolute atomic E-state index is 13.4. The van der Waals surface area contributed by atoms with Crippen LogP contribution in [-0.2, 0) is 10.2 Å². The van der Waals surface area contributed by atoms with E-state index in [-0.39, 0.29) is 11.1 Å². The van der Waals surface area contributed by atoms with E-state index in [1.165, 1.54) is 26.2 Å². The highest BCUT2D eigenvalue weighted by molar-refractivity contribution is 7.87. The number of nitrogens with zero attached hydrogens (tertiary/aromatic N) is 2. The Hall–Kier alpha value is -0.890. The molecule has 0 amide bonds. The van der Waals surface area contributed by atoms with Crippen molar-refractivity contribution >= 4 is 27.5 Å². The van der Waals surface area contributed by atoms with Crippen LogP contribution in [0.5, 0.6) is 0 Å². The van der Waals surface area contributed by atoms with Gasteiger partial charge in [0.1, 0.15) is 5.82 Å². The Morgan fingerprint density at radius 3 is 2.75 bits per heavy atom. The second kappa shape index (κ2) is 5.85. The molecule has 8 heteroatoms. The lowest BCUT2D eigenvalue weighted by Crippen LogP contribution is -2.43. The summed E-state index contributed by atoms with van der Waals surface area (Å²) in [6, 6.07) is 4.42. The van der Waals surface area contributed by atoms with Crippen LogP contribution in [-0.4, -0.2) is 45.9 Å². The zero-order valence-electron chi connectivity index (χ0n) is 11.3. The number of anilines is 1. The van der Waals surface area contributed by atoms with Crippen molar-refractivity contribution in [2.45, 2.75) is 12.5 Å². The Balaban J connectivity index is 2.04. The van der Waals surface area contributed by atoms with E-state index < -0.39 is 16.0 Å². The predicted molar refractivity (Wildman–Crippen MR) is 77.8 cm³/mol. The Bertz CT molecular complexity index is 594. The maximum atomic E-state index is 13.4. The van der Waals surface area contributed by atoms with Gasteiger partial charge in [-0.25, -0.2) is 4.39 Å². The van der Waals surface area contributed by atoms with Crippen LogP contribution in [0.1, 0.15) is 6.42 Å². The zero-order valence-corrected chi connectivity index (χ0v) is 12.9. The zero-order chi connectivity index (χ0) is 14.9. The van der Waals surface area contributed by atoms with Crippen LogP contribution < -0.4 is 9.62 Å². The van der Waals surface area contributed by atoms with E-state index in [4.69, 9.17) is 11.6 Å². The summed E-state index contributed by atoms with van der Waals surface area (Å²) in [4.78, 5) is 1.93. The molecule has 1 heterocycles. The quantitative estimate of drug-likeness (QED) is 0.913. The Morgan fingerprint density at radius 2 is 2.15 bits per heavy atom. The summed E-state index contributed by atoms with van der Waals surface area (Å²) in [7, 11) is -0.489. The molecule has 1 aromatic carbocycles. The number of hydrogen-bond donors (Lipinski definition) is 1. The van der Waals surface area contributed by atoms with Crippen LogP contribution in [0.15, 0.2) is 18.2 Å². The van der Waals surface area contributed by atoms with Gasteiger partial charge in [-0.2, -0.15) is 17.4 Å². The highest BCUT2D eigenvalue weighted by Gasteiger charge is 2.27. The molecule has 0 bridgehead atoms. The number of halogens is 2. The monoisotopic (exact) mass is 321 g/mol. The first-order valence-corrected chi connectivity index (χ1v) is 8.01. The van der Waals surface area contributed by atoms with Gasteiger partial charge in [0.2, 0.25) is 0 Å². The normalized spacial score (nSPS) is 19.9. The first-order chi connectivity index (χ1) is 9.29. The van der Waals surface area contributed by atoms with Crippen LogP contribution in [0.2, 0.25) is 5.02 Å². The van der Waals surface area contributed by atoms with Crippen molar-refractivity contribution in [3.63, 3.8) is 0 Å². The van der Waals surface area contributed by atoms with Crippen LogP contribution in [0.4, 0.5) is 10.1 Å². The minimum atomic E-state index is -3.44. The number of benzene rings is 1. The molecule has 0 radical (unpaired) electrons. The van der Waals surface area contributed by atoms with E-state index >= 15 is 0 Å².